The van der Waals surface area contributed by atoms with Crippen LogP contribution < -0.4 is 0 Å². The predicted octanol–water partition coefficient (Wildman–Crippen LogP) is 2.10. The average Bonchev–Trinajstić information content (AvgIpc) is 2.15. The van der Waals surface area contributed by atoms with Gasteiger partial charge in [0.25, 0.3) is 9.05 Å². The summed E-state index contributed by atoms with van der Waals surface area (Å²) in [6.07, 6.45) is 2.27. The average molecular weight is 253 g/mol. The van der Waals surface area contributed by atoms with Crippen molar-refractivity contribution in [3.8, 4) is 0 Å². The first-order chi connectivity index (χ1) is 6.88. The maximum Gasteiger partial charge on any atom is 0.332 e. The lowest BCUT2D eigenvalue weighted by molar-refractivity contribution is -0.133. The Hall–Kier alpha value is -0.550. The van der Waals surface area contributed by atoms with Gasteiger partial charge >= 0.3 is 5.97 Å². The van der Waals surface area contributed by atoms with Gasteiger partial charge in [0.2, 0.25) is 0 Å². The molecule has 0 aromatic carbocycles. The third-order valence-corrected chi connectivity index (χ3v) is 4.27. The summed E-state index contributed by atoms with van der Waals surface area (Å²) in [5.74, 6) is -1.42. The monoisotopic (exact) mass is 252 g/mol. The van der Waals surface area contributed by atoms with Crippen molar-refractivity contribution in [1.82, 2.24) is 0 Å². The molecule has 0 aromatic rings. The van der Waals surface area contributed by atoms with Crippen molar-refractivity contribution >= 4 is 25.7 Å². The first kappa shape index (κ1) is 12.5. The van der Waals surface area contributed by atoms with Crippen LogP contribution in [0.4, 0.5) is 0 Å². The Morgan fingerprint density at radius 1 is 1.60 bits per heavy atom. The fraction of sp³-hybridized carbons (Fsp3) is 0.667. The number of halogens is 1. The zero-order valence-electron chi connectivity index (χ0n) is 8.36. The molecule has 0 aliphatic heterocycles. The number of hydrogen-bond acceptors (Lipinski definition) is 3. The lowest BCUT2D eigenvalue weighted by Gasteiger charge is -2.23. The van der Waals surface area contributed by atoms with Crippen molar-refractivity contribution in [1.29, 1.82) is 0 Å². The van der Waals surface area contributed by atoms with Gasteiger partial charge < -0.3 is 5.11 Å². The number of hydrogen-bond donors (Lipinski definition) is 1. The van der Waals surface area contributed by atoms with E-state index >= 15 is 0 Å². The molecule has 86 valence electrons. The van der Waals surface area contributed by atoms with Gasteiger partial charge in [-0.15, -0.1) is 0 Å². The van der Waals surface area contributed by atoms with Crippen LogP contribution in [0.3, 0.4) is 0 Å². The number of carbonyl (C=O) groups is 1. The smallest absolute Gasteiger partial charge is 0.332 e. The molecule has 0 aromatic heterocycles. The fourth-order valence-corrected chi connectivity index (χ4v) is 3.80. The first-order valence-electron chi connectivity index (χ1n) is 4.79. The molecule has 1 aliphatic carbocycles. The minimum Gasteiger partial charge on any atom is -0.478 e. The third-order valence-electron chi connectivity index (χ3n) is 2.66. The molecule has 0 saturated heterocycles. The van der Waals surface area contributed by atoms with E-state index in [0.29, 0.717) is 19.3 Å². The predicted molar refractivity (Wildman–Crippen MR) is 57.1 cm³/mol. The third kappa shape index (κ3) is 2.72. The fourth-order valence-electron chi connectivity index (χ4n) is 1.97. The van der Waals surface area contributed by atoms with Crippen molar-refractivity contribution in [2.75, 3.05) is 0 Å². The highest BCUT2D eigenvalue weighted by molar-refractivity contribution is 8.16. The summed E-state index contributed by atoms with van der Waals surface area (Å²) in [5.41, 5.74) is -0.0388. The Morgan fingerprint density at radius 2 is 2.20 bits per heavy atom. The van der Waals surface area contributed by atoms with Gasteiger partial charge in [0.1, 0.15) is 0 Å². The van der Waals surface area contributed by atoms with E-state index < -0.39 is 15.0 Å². The summed E-state index contributed by atoms with van der Waals surface area (Å²) in [7, 11) is 1.36. The van der Waals surface area contributed by atoms with Crippen LogP contribution in [0.25, 0.3) is 0 Å². The minimum atomic E-state index is -3.91. The highest BCUT2D eigenvalue weighted by Gasteiger charge is 2.33. The molecule has 6 heteroatoms. The zero-order chi connectivity index (χ0) is 11.6. The van der Waals surface area contributed by atoms with Crippen LogP contribution in [-0.2, 0) is 13.8 Å². The molecule has 1 atom stereocenters. The van der Waals surface area contributed by atoms with Gasteiger partial charge in [0.15, 0.2) is 0 Å². The van der Waals surface area contributed by atoms with Crippen LogP contribution in [0.1, 0.15) is 32.6 Å². The van der Waals surface area contributed by atoms with Gasteiger partial charge in [-0.1, -0.05) is 6.92 Å². The van der Waals surface area contributed by atoms with Gasteiger partial charge in [-0.05, 0) is 31.6 Å². The molecule has 0 fully saturated rings. The second kappa shape index (κ2) is 4.53. The molecule has 1 N–H and O–H groups in total. The second-order valence-corrected chi connectivity index (χ2v) is 6.12. The molecular weight excluding hydrogens is 240 g/mol. The van der Waals surface area contributed by atoms with E-state index in [4.69, 9.17) is 15.8 Å². The van der Waals surface area contributed by atoms with Crippen LogP contribution in [0.5, 0.6) is 0 Å². The van der Waals surface area contributed by atoms with Crippen LogP contribution >= 0.6 is 10.7 Å². The Balaban J connectivity index is 3.32. The van der Waals surface area contributed by atoms with E-state index in [1.54, 1.807) is 0 Å². The Morgan fingerprint density at radius 3 is 2.60 bits per heavy atom. The quantitative estimate of drug-likeness (QED) is 0.781. The second-order valence-electron chi connectivity index (χ2n) is 3.58. The highest BCUT2D eigenvalue weighted by atomic mass is 35.7. The van der Waals surface area contributed by atoms with Gasteiger partial charge in [-0.2, -0.15) is 0 Å². The maximum atomic E-state index is 11.3. The molecule has 0 bridgehead atoms. The Bertz CT molecular complexity index is 396. The van der Waals surface area contributed by atoms with E-state index in [9.17, 15) is 13.2 Å². The molecule has 0 spiro atoms. The van der Waals surface area contributed by atoms with Crippen molar-refractivity contribution in [2.45, 2.75) is 32.6 Å². The van der Waals surface area contributed by atoms with Gasteiger partial charge in [0, 0.05) is 10.7 Å². The Kier molecular flexibility index (Phi) is 3.78. The highest BCUT2D eigenvalue weighted by Crippen LogP contribution is 2.37. The molecule has 0 heterocycles. The zero-order valence-corrected chi connectivity index (χ0v) is 9.94. The number of rotatable bonds is 3. The van der Waals surface area contributed by atoms with E-state index in [1.165, 1.54) is 0 Å². The number of aliphatic carboxylic acids is 1. The minimum absolute atomic E-state index is 0.0388. The molecule has 0 radical (unpaired) electrons. The molecule has 1 unspecified atom stereocenters. The number of allylic oxidation sites excluding steroid dienone is 1. The van der Waals surface area contributed by atoms with E-state index in [2.05, 4.69) is 0 Å². The molecule has 1 rings (SSSR count). The molecule has 0 saturated carbocycles. The summed E-state index contributed by atoms with van der Waals surface area (Å²) in [4.78, 5) is 10.8. The lowest BCUT2D eigenvalue weighted by Crippen LogP contribution is -2.20. The van der Waals surface area contributed by atoms with E-state index in [0.717, 1.165) is 0 Å². The van der Waals surface area contributed by atoms with Crippen molar-refractivity contribution < 1.29 is 18.3 Å². The van der Waals surface area contributed by atoms with Gasteiger partial charge in [-0.3, -0.25) is 0 Å². The SMILES string of the molecule is CCC1CCCC(C(=O)O)=C1S(=O)(=O)Cl. The topological polar surface area (TPSA) is 71.4 Å². The van der Waals surface area contributed by atoms with E-state index in [1.807, 2.05) is 6.92 Å². The van der Waals surface area contributed by atoms with Crippen molar-refractivity contribution in [3.63, 3.8) is 0 Å². The number of carboxylic acid groups (broad SMARTS) is 1. The Labute approximate surface area is 93.4 Å². The van der Waals surface area contributed by atoms with Crippen LogP contribution in [0.15, 0.2) is 10.5 Å². The summed E-state index contributed by atoms with van der Waals surface area (Å²) in [6, 6.07) is 0. The summed E-state index contributed by atoms with van der Waals surface area (Å²) >= 11 is 0. The van der Waals surface area contributed by atoms with Crippen molar-refractivity contribution in [3.05, 3.63) is 10.5 Å². The van der Waals surface area contributed by atoms with Crippen LogP contribution in [0, 0.1) is 5.92 Å². The van der Waals surface area contributed by atoms with Gasteiger partial charge in [0.05, 0.1) is 10.5 Å². The van der Waals surface area contributed by atoms with E-state index in [-0.39, 0.29) is 22.8 Å². The summed E-state index contributed by atoms with van der Waals surface area (Å²) < 4.78 is 22.6. The standard InChI is InChI=1S/C9H13ClO4S/c1-2-6-4-3-5-7(9(11)12)8(6)15(10,13)14/h6H,2-5H2,1H3,(H,11,12). The first-order valence-corrected chi connectivity index (χ1v) is 7.09. The molecule has 1 aliphatic rings. The van der Waals surface area contributed by atoms with Gasteiger partial charge in [-0.25, -0.2) is 13.2 Å². The normalized spacial score (nSPS) is 22.9. The molecular formula is C9H13ClO4S. The van der Waals surface area contributed by atoms with Crippen LogP contribution in [0.2, 0.25) is 0 Å². The van der Waals surface area contributed by atoms with Crippen LogP contribution in [-0.4, -0.2) is 19.5 Å². The lowest BCUT2D eigenvalue weighted by atomic mass is 9.88. The molecule has 4 nitrogen and oxygen atoms in total. The molecule has 15 heavy (non-hydrogen) atoms. The largest absolute Gasteiger partial charge is 0.478 e. The maximum absolute atomic E-state index is 11.3. The number of carboxylic acids is 1. The molecule has 0 amide bonds. The summed E-state index contributed by atoms with van der Waals surface area (Å²) in [6.45, 7) is 1.83. The van der Waals surface area contributed by atoms with Crippen molar-refractivity contribution in [2.24, 2.45) is 5.92 Å². The summed E-state index contributed by atoms with van der Waals surface area (Å²) in [5, 5.41) is 8.90.